The Labute approximate surface area is 167 Å². The van der Waals surface area contributed by atoms with Crippen molar-refractivity contribution in [3.05, 3.63) is 59.7 Å². The summed E-state index contributed by atoms with van der Waals surface area (Å²) in [5.41, 5.74) is 3.16. The molecule has 2 aromatic rings. The zero-order chi connectivity index (χ0) is 20.4. The van der Waals surface area contributed by atoms with Gasteiger partial charge < -0.3 is 14.2 Å². The van der Waals surface area contributed by atoms with Crippen LogP contribution in [-0.4, -0.2) is 40.3 Å². The van der Waals surface area contributed by atoms with Gasteiger partial charge in [0.15, 0.2) is 0 Å². The predicted molar refractivity (Wildman–Crippen MR) is 113 cm³/mol. The lowest BCUT2D eigenvalue weighted by Crippen LogP contribution is -2.15. The molecular formula is C21H27NO5S. The first-order chi connectivity index (χ1) is 13.4. The highest BCUT2D eigenvalue weighted by atomic mass is 32.3. The van der Waals surface area contributed by atoms with Crippen LogP contribution in [0.25, 0.3) is 12.2 Å². The van der Waals surface area contributed by atoms with Gasteiger partial charge in [-0.25, -0.2) is 4.18 Å². The van der Waals surface area contributed by atoms with E-state index < -0.39 is 10.4 Å². The molecule has 0 atom stereocenters. The van der Waals surface area contributed by atoms with Crippen LogP contribution in [0.15, 0.2) is 48.5 Å². The number of hydrogen-bond acceptors (Lipinski definition) is 6. The summed E-state index contributed by atoms with van der Waals surface area (Å²) in [6.07, 6.45) is 4.86. The summed E-state index contributed by atoms with van der Waals surface area (Å²) in [5, 5.41) is 8.67. The molecule has 7 heteroatoms. The second-order valence-corrected chi connectivity index (χ2v) is 7.47. The summed E-state index contributed by atoms with van der Waals surface area (Å²) in [7, 11) is -2.05. The van der Waals surface area contributed by atoms with Crippen LogP contribution in [-0.2, 0) is 14.6 Å². The van der Waals surface area contributed by atoms with Crippen LogP contribution in [0.3, 0.4) is 0 Å². The number of aliphatic hydroxyl groups excluding tert-OH is 1. The number of benzene rings is 2. The monoisotopic (exact) mass is 405 g/mol. The normalized spacial score (nSPS) is 11.7. The van der Waals surface area contributed by atoms with E-state index in [0.717, 1.165) is 17.7 Å². The second kappa shape index (κ2) is 10.8. The van der Waals surface area contributed by atoms with Gasteiger partial charge in [0.1, 0.15) is 5.75 Å². The van der Waals surface area contributed by atoms with Gasteiger partial charge in [0, 0.05) is 25.9 Å². The molecule has 0 amide bonds. The molecule has 0 aromatic heterocycles. The molecule has 6 nitrogen and oxygen atoms in total. The zero-order valence-electron chi connectivity index (χ0n) is 16.2. The highest BCUT2D eigenvalue weighted by molar-refractivity contribution is 7.82. The Kier molecular flexibility index (Phi) is 8.50. The third-order valence-corrected chi connectivity index (χ3v) is 4.99. The standard InChI is InChI=1S/C21H27NO5S/c1-3-22(2)20-12-8-18(9-13-20)6-7-19-10-14-21(15-11-19)27-28(24,25)26-17-5-4-16-23/h6-15,23H,3-5,16-17H2,1-2H3. The van der Waals surface area contributed by atoms with Crippen molar-refractivity contribution < 1.29 is 21.9 Å². The predicted octanol–water partition coefficient (Wildman–Crippen LogP) is 3.73. The molecule has 1 N–H and O–H groups in total. The first kappa shape index (κ1) is 21.9. The van der Waals surface area contributed by atoms with Crippen LogP contribution in [0.4, 0.5) is 5.69 Å². The SMILES string of the molecule is CCN(C)c1ccc(C=Cc2ccc(OS(=O)(=O)OCCCCO)cc2)cc1. The van der Waals surface area contributed by atoms with Crippen molar-refractivity contribution in [2.24, 2.45) is 0 Å². The lowest BCUT2D eigenvalue weighted by molar-refractivity contribution is 0.239. The Morgan fingerprint density at radius 2 is 1.54 bits per heavy atom. The highest BCUT2D eigenvalue weighted by Gasteiger charge is 2.13. The summed E-state index contributed by atoms with van der Waals surface area (Å²) in [5.74, 6) is 0.186. The van der Waals surface area contributed by atoms with E-state index >= 15 is 0 Å². The fourth-order valence-corrected chi connectivity index (χ4v) is 3.08. The molecule has 0 spiro atoms. The summed E-state index contributed by atoms with van der Waals surface area (Å²) >= 11 is 0. The molecule has 0 aliphatic rings. The number of aliphatic hydroxyl groups is 1. The quantitative estimate of drug-likeness (QED) is 0.454. The maximum absolute atomic E-state index is 11.7. The van der Waals surface area contributed by atoms with E-state index in [1.165, 1.54) is 5.69 Å². The molecule has 2 rings (SSSR count). The fraction of sp³-hybridized carbons (Fsp3) is 0.333. The van der Waals surface area contributed by atoms with E-state index in [1.54, 1.807) is 24.3 Å². The van der Waals surface area contributed by atoms with Gasteiger partial charge in [0.2, 0.25) is 0 Å². The Bertz CT molecular complexity index is 845. The van der Waals surface area contributed by atoms with E-state index in [4.69, 9.17) is 13.5 Å². The highest BCUT2D eigenvalue weighted by Crippen LogP contribution is 2.18. The molecule has 0 heterocycles. The van der Waals surface area contributed by atoms with Crippen LogP contribution in [0.5, 0.6) is 5.75 Å². The number of unbranched alkanes of at least 4 members (excludes halogenated alkanes) is 1. The molecule has 2 aromatic carbocycles. The Morgan fingerprint density at radius 1 is 0.964 bits per heavy atom. The molecule has 0 aliphatic heterocycles. The van der Waals surface area contributed by atoms with E-state index in [2.05, 4.69) is 43.1 Å². The first-order valence-corrected chi connectivity index (χ1v) is 10.6. The van der Waals surface area contributed by atoms with Gasteiger partial charge in [-0.1, -0.05) is 36.4 Å². The summed E-state index contributed by atoms with van der Waals surface area (Å²) < 4.78 is 33.1. The summed E-state index contributed by atoms with van der Waals surface area (Å²) in [4.78, 5) is 2.16. The van der Waals surface area contributed by atoms with Gasteiger partial charge in [-0.15, -0.1) is 0 Å². The van der Waals surface area contributed by atoms with Crippen LogP contribution in [0.2, 0.25) is 0 Å². The van der Waals surface area contributed by atoms with Gasteiger partial charge in [0.05, 0.1) is 6.61 Å². The van der Waals surface area contributed by atoms with Gasteiger partial charge in [-0.05, 0) is 55.2 Å². The molecule has 152 valence electrons. The molecule has 0 saturated carbocycles. The first-order valence-electron chi connectivity index (χ1n) is 9.22. The van der Waals surface area contributed by atoms with Crippen molar-refractivity contribution in [2.75, 3.05) is 31.7 Å². The second-order valence-electron chi connectivity index (χ2n) is 6.25. The van der Waals surface area contributed by atoms with Crippen LogP contribution < -0.4 is 9.08 Å². The van der Waals surface area contributed by atoms with E-state index in [9.17, 15) is 8.42 Å². The number of rotatable bonds is 11. The molecule has 0 fully saturated rings. The van der Waals surface area contributed by atoms with Crippen molar-refractivity contribution >= 4 is 28.2 Å². The van der Waals surface area contributed by atoms with Crippen molar-refractivity contribution in [1.82, 2.24) is 0 Å². The van der Waals surface area contributed by atoms with Crippen molar-refractivity contribution in [1.29, 1.82) is 0 Å². The fourth-order valence-electron chi connectivity index (χ4n) is 2.37. The van der Waals surface area contributed by atoms with Gasteiger partial charge in [-0.2, -0.15) is 8.42 Å². The summed E-state index contributed by atoms with van der Waals surface area (Å²) in [6, 6.07) is 14.9. The molecular weight excluding hydrogens is 378 g/mol. The van der Waals surface area contributed by atoms with Gasteiger partial charge in [0.25, 0.3) is 0 Å². The van der Waals surface area contributed by atoms with Gasteiger partial charge in [-0.3, -0.25) is 0 Å². The molecule has 0 saturated heterocycles. The van der Waals surface area contributed by atoms with Crippen molar-refractivity contribution in [2.45, 2.75) is 19.8 Å². The van der Waals surface area contributed by atoms with E-state index in [-0.39, 0.29) is 19.0 Å². The molecule has 0 radical (unpaired) electrons. The molecule has 0 unspecified atom stereocenters. The number of hydrogen-bond donors (Lipinski definition) is 1. The van der Waals surface area contributed by atoms with E-state index in [1.807, 2.05) is 12.2 Å². The molecule has 0 bridgehead atoms. The molecule has 28 heavy (non-hydrogen) atoms. The Balaban J connectivity index is 1.92. The molecule has 0 aliphatic carbocycles. The average Bonchev–Trinajstić information content (AvgIpc) is 2.70. The Morgan fingerprint density at radius 3 is 2.07 bits per heavy atom. The third-order valence-electron chi connectivity index (χ3n) is 4.13. The number of nitrogens with zero attached hydrogens (tertiary/aromatic N) is 1. The maximum atomic E-state index is 11.7. The largest absolute Gasteiger partial charge is 0.449 e. The zero-order valence-corrected chi connectivity index (χ0v) is 17.1. The lowest BCUT2D eigenvalue weighted by atomic mass is 10.1. The minimum Gasteiger partial charge on any atom is -0.396 e. The number of anilines is 1. The van der Waals surface area contributed by atoms with Crippen LogP contribution >= 0.6 is 0 Å². The van der Waals surface area contributed by atoms with Crippen molar-refractivity contribution in [3.8, 4) is 5.75 Å². The summed E-state index contributed by atoms with van der Waals surface area (Å²) in [6.45, 7) is 3.04. The third kappa shape index (κ3) is 7.34. The smallest absolute Gasteiger partial charge is 0.396 e. The minimum atomic E-state index is -4.10. The van der Waals surface area contributed by atoms with E-state index in [0.29, 0.717) is 12.8 Å². The Hall–Kier alpha value is -2.35. The van der Waals surface area contributed by atoms with Crippen LogP contribution in [0, 0.1) is 0 Å². The van der Waals surface area contributed by atoms with Crippen LogP contribution in [0.1, 0.15) is 30.9 Å². The minimum absolute atomic E-state index is 0.000816. The lowest BCUT2D eigenvalue weighted by Gasteiger charge is -2.16. The maximum Gasteiger partial charge on any atom is 0.449 e. The average molecular weight is 406 g/mol. The van der Waals surface area contributed by atoms with Gasteiger partial charge >= 0.3 is 10.4 Å². The topological polar surface area (TPSA) is 76.1 Å². The van der Waals surface area contributed by atoms with Crippen molar-refractivity contribution in [3.63, 3.8) is 0 Å².